The fraction of sp³-hybridized carbons (Fsp3) is 0.478. The van der Waals surface area contributed by atoms with Gasteiger partial charge in [0.1, 0.15) is 18.1 Å². The van der Waals surface area contributed by atoms with Gasteiger partial charge in [0.2, 0.25) is 0 Å². The molecule has 0 aliphatic heterocycles. The van der Waals surface area contributed by atoms with E-state index in [0.717, 1.165) is 34.2 Å². The third-order valence-electron chi connectivity index (χ3n) is 5.60. The van der Waals surface area contributed by atoms with Crippen LogP contribution in [-0.4, -0.2) is 28.1 Å². The van der Waals surface area contributed by atoms with Crippen LogP contribution in [0.25, 0.3) is 10.1 Å². The van der Waals surface area contributed by atoms with Crippen LogP contribution in [0.4, 0.5) is 4.39 Å². The van der Waals surface area contributed by atoms with Crippen molar-refractivity contribution in [3.8, 4) is 0 Å². The number of rotatable bonds is 10. The average molecular weight is 419 g/mol. The number of Topliss-reactive ketones (excluding diaryl/α,β-unsaturated/α-hetero) is 1. The van der Waals surface area contributed by atoms with Gasteiger partial charge in [0.25, 0.3) is 0 Å². The first kappa shape index (κ1) is 21.7. The van der Waals surface area contributed by atoms with Gasteiger partial charge in [-0.2, -0.15) is 0 Å². The molecule has 1 saturated carbocycles. The van der Waals surface area contributed by atoms with Gasteiger partial charge in [0.05, 0.1) is 0 Å². The second-order valence-corrected chi connectivity index (χ2v) is 8.85. The minimum atomic E-state index is -1.20. The minimum Gasteiger partial charge on any atom is -0.481 e. The number of alkyl halides is 1. The van der Waals surface area contributed by atoms with E-state index in [1.807, 2.05) is 30.3 Å². The lowest BCUT2D eigenvalue weighted by Crippen LogP contribution is -2.16. The van der Waals surface area contributed by atoms with E-state index in [0.29, 0.717) is 12.8 Å². The highest BCUT2D eigenvalue weighted by Gasteiger charge is 2.40. The number of fused-ring (bicyclic) bond motifs is 1. The molecule has 1 heterocycles. The number of hydrogen-bond acceptors (Lipinski definition) is 4. The number of aliphatic hydroxyl groups is 1. The van der Waals surface area contributed by atoms with Crippen LogP contribution in [-0.2, 0) is 9.59 Å². The third-order valence-corrected chi connectivity index (χ3v) is 6.79. The van der Waals surface area contributed by atoms with Crippen LogP contribution in [0.5, 0.6) is 0 Å². The molecule has 2 aromatic rings. The Balaban J connectivity index is 1.56. The molecule has 3 rings (SSSR count). The van der Waals surface area contributed by atoms with Crippen LogP contribution >= 0.6 is 11.3 Å². The summed E-state index contributed by atoms with van der Waals surface area (Å²) in [5, 5.41) is 20.2. The zero-order valence-corrected chi connectivity index (χ0v) is 17.1. The van der Waals surface area contributed by atoms with Crippen molar-refractivity contribution in [3.63, 3.8) is 0 Å². The van der Waals surface area contributed by atoms with Crippen molar-refractivity contribution >= 4 is 33.2 Å². The molecule has 0 amide bonds. The second kappa shape index (κ2) is 10.1. The average Bonchev–Trinajstić information content (AvgIpc) is 3.23. The lowest BCUT2D eigenvalue weighted by atomic mass is 9.89. The van der Waals surface area contributed by atoms with Gasteiger partial charge in [-0.3, -0.25) is 9.59 Å². The van der Waals surface area contributed by atoms with Crippen LogP contribution < -0.4 is 0 Å². The van der Waals surface area contributed by atoms with E-state index in [-0.39, 0.29) is 24.5 Å². The molecule has 156 valence electrons. The number of carboxylic acids is 1. The first-order chi connectivity index (χ1) is 14.0. The Kier molecular flexibility index (Phi) is 7.56. The van der Waals surface area contributed by atoms with E-state index in [9.17, 15) is 19.1 Å². The zero-order chi connectivity index (χ0) is 20.8. The molecule has 1 fully saturated rings. The van der Waals surface area contributed by atoms with Gasteiger partial charge in [0, 0.05) is 34.3 Å². The fourth-order valence-electron chi connectivity index (χ4n) is 4.03. The smallest absolute Gasteiger partial charge is 0.303 e. The Bertz CT molecular complexity index is 842. The van der Waals surface area contributed by atoms with Crippen molar-refractivity contribution in [2.45, 2.75) is 57.2 Å². The lowest BCUT2D eigenvalue weighted by molar-refractivity contribution is -0.137. The van der Waals surface area contributed by atoms with Gasteiger partial charge >= 0.3 is 5.97 Å². The maximum atomic E-state index is 14.4. The van der Waals surface area contributed by atoms with Crippen LogP contribution in [0.3, 0.4) is 0 Å². The van der Waals surface area contributed by atoms with Crippen molar-refractivity contribution in [2.24, 2.45) is 11.8 Å². The van der Waals surface area contributed by atoms with E-state index in [2.05, 4.69) is 0 Å². The molecule has 6 heteroatoms. The van der Waals surface area contributed by atoms with Crippen molar-refractivity contribution in [2.75, 3.05) is 0 Å². The number of aliphatic hydroxyl groups excluding tert-OH is 1. The molecule has 0 spiro atoms. The van der Waals surface area contributed by atoms with E-state index in [1.54, 1.807) is 12.2 Å². The number of allylic oxidation sites excluding steroid dienone is 1. The van der Waals surface area contributed by atoms with Gasteiger partial charge in [-0.1, -0.05) is 49.6 Å². The van der Waals surface area contributed by atoms with Crippen LogP contribution in [0.15, 0.2) is 42.5 Å². The SMILES string of the molecule is O=C(O)CCCCCC[C@H]1C(=O)C[C@@H](F)[C@H]1C=C[C@@H](O)c1cc2ccccc2s1. The first-order valence-electron chi connectivity index (χ1n) is 10.2. The number of carbonyl (C=O) groups is 2. The molecule has 1 aliphatic carbocycles. The number of benzene rings is 1. The van der Waals surface area contributed by atoms with E-state index in [1.165, 1.54) is 11.3 Å². The monoisotopic (exact) mass is 418 g/mol. The minimum absolute atomic E-state index is 0.0472. The predicted molar refractivity (Wildman–Crippen MR) is 113 cm³/mol. The predicted octanol–water partition coefficient (Wildman–Crippen LogP) is 5.46. The third kappa shape index (κ3) is 5.73. The number of unbranched alkanes of at least 4 members (excludes halogenated alkanes) is 3. The number of ketones is 1. The quantitative estimate of drug-likeness (QED) is 0.397. The summed E-state index contributed by atoms with van der Waals surface area (Å²) >= 11 is 1.51. The highest BCUT2D eigenvalue weighted by atomic mass is 32.1. The Morgan fingerprint density at radius 1 is 1.24 bits per heavy atom. The number of thiophene rings is 1. The van der Waals surface area contributed by atoms with E-state index >= 15 is 0 Å². The normalized spacial score (nSPS) is 23.2. The standard InChI is InChI=1S/C23H27FO4S/c24-18-14-20(26)17(8-3-1-2-4-10-23(27)28)16(18)11-12-19(25)22-13-15-7-5-6-9-21(15)29-22/h5-7,9,11-13,16-19,25H,1-4,8,10,14H2,(H,27,28)/t16-,17+,18+,19+/m0/s1. The lowest BCUT2D eigenvalue weighted by Gasteiger charge is -2.17. The van der Waals surface area contributed by atoms with Crippen LogP contribution in [0, 0.1) is 11.8 Å². The van der Waals surface area contributed by atoms with Gasteiger partial charge in [0.15, 0.2) is 0 Å². The first-order valence-corrected chi connectivity index (χ1v) is 11.0. The topological polar surface area (TPSA) is 74.6 Å². The number of halogens is 1. The Morgan fingerprint density at radius 3 is 2.76 bits per heavy atom. The molecular weight excluding hydrogens is 391 g/mol. The number of aliphatic carboxylic acids is 1. The molecule has 0 saturated heterocycles. The largest absolute Gasteiger partial charge is 0.481 e. The molecule has 4 nitrogen and oxygen atoms in total. The number of carboxylic acid groups (broad SMARTS) is 1. The maximum Gasteiger partial charge on any atom is 0.303 e. The van der Waals surface area contributed by atoms with Crippen molar-refractivity contribution in [3.05, 3.63) is 47.4 Å². The summed E-state index contributed by atoms with van der Waals surface area (Å²) in [6, 6.07) is 9.83. The second-order valence-electron chi connectivity index (χ2n) is 7.73. The number of hydrogen-bond donors (Lipinski definition) is 2. The molecule has 0 radical (unpaired) electrons. The fourth-order valence-corrected chi connectivity index (χ4v) is 5.06. The summed E-state index contributed by atoms with van der Waals surface area (Å²) in [5.74, 6) is -1.69. The van der Waals surface area contributed by atoms with E-state index < -0.39 is 24.2 Å². The molecular formula is C23H27FO4S. The van der Waals surface area contributed by atoms with Crippen molar-refractivity contribution in [1.29, 1.82) is 0 Å². The Hall–Kier alpha value is -2.05. The Morgan fingerprint density at radius 2 is 2.00 bits per heavy atom. The van der Waals surface area contributed by atoms with E-state index in [4.69, 9.17) is 5.11 Å². The molecule has 1 aromatic heterocycles. The van der Waals surface area contributed by atoms with Crippen molar-refractivity contribution < 1.29 is 24.2 Å². The van der Waals surface area contributed by atoms with Gasteiger partial charge in [-0.25, -0.2) is 4.39 Å². The van der Waals surface area contributed by atoms with Gasteiger partial charge in [-0.05, 0) is 30.4 Å². The van der Waals surface area contributed by atoms with Gasteiger partial charge in [-0.15, -0.1) is 11.3 Å². The summed E-state index contributed by atoms with van der Waals surface area (Å²) in [5.41, 5.74) is 0. The van der Waals surface area contributed by atoms with Gasteiger partial charge < -0.3 is 10.2 Å². The summed E-state index contributed by atoms with van der Waals surface area (Å²) in [6.45, 7) is 0. The van der Waals surface area contributed by atoms with Crippen molar-refractivity contribution in [1.82, 2.24) is 0 Å². The highest BCUT2D eigenvalue weighted by molar-refractivity contribution is 7.19. The molecule has 4 atom stereocenters. The van der Waals surface area contributed by atoms with Crippen LogP contribution in [0.2, 0.25) is 0 Å². The molecule has 1 aliphatic rings. The highest BCUT2D eigenvalue weighted by Crippen LogP contribution is 2.37. The van der Waals surface area contributed by atoms with Crippen LogP contribution in [0.1, 0.15) is 55.9 Å². The molecule has 1 aromatic carbocycles. The molecule has 29 heavy (non-hydrogen) atoms. The maximum absolute atomic E-state index is 14.4. The number of carbonyl (C=O) groups excluding carboxylic acids is 1. The summed E-state index contributed by atoms with van der Waals surface area (Å²) < 4.78 is 15.5. The molecule has 0 bridgehead atoms. The summed E-state index contributed by atoms with van der Waals surface area (Å²) in [4.78, 5) is 23.6. The summed E-state index contributed by atoms with van der Waals surface area (Å²) in [6.07, 6.45) is 5.05. The molecule has 0 unspecified atom stereocenters. The Labute approximate surface area is 174 Å². The molecule has 2 N–H and O–H groups in total. The summed E-state index contributed by atoms with van der Waals surface area (Å²) in [7, 11) is 0. The zero-order valence-electron chi connectivity index (χ0n) is 16.3.